The molecule has 0 amide bonds. The molecule has 2 aliphatic carbocycles. The topological polar surface area (TPSA) is 9.23 Å². The third-order valence-corrected chi connectivity index (χ3v) is 4.48. The Bertz CT molecular complexity index is 203. The number of thiocarbonyl (C=S) groups is 1. The van der Waals surface area contributed by atoms with Crippen LogP contribution in [-0.4, -0.2) is 11.0 Å². The molecule has 0 aromatic carbocycles. The zero-order valence-corrected chi connectivity index (χ0v) is 13.4. The zero-order chi connectivity index (χ0) is 13.2. The van der Waals surface area contributed by atoms with E-state index in [4.69, 9.17) is 0 Å². The lowest BCUT2D eigenvalue weighted by atomic mass is 9.73. The highest BCUT2D eigenvalue weighted by Gasteiger charge is 2.24. The molecule has 2 fully saturated rings. The highest BCUT2D eigenvalue weighted by Crippen LogP contribution is 2.37. The quantitative estimate of drug-likeness (QED) is 0.539. The minimum absolute atomic E-state index is 0.317. The van der Waals surface area contributed by atoms with Crippen LogP contribution in [-0.2, 0) is 4.74 Å². The molecule has 2 aliphatic rings. The Labute approximate surface area is 123 Å². The summed E-state index contributed by atoms with van der Waals surface area (Å²) in [6, 6.07) is 0. The Morgan fingerprint density at radius 3 is 1.56 bits per heavy atom. The van der Waals surface area contributed by atoms with Gasteiger partial charge in [0.15, 0.2) is 0 Å². The molecule has 1 nitrogen and oxygen atoms in total. The van der Waals surface area contributed by atoms with Crippen LogP contribution in [0.2, 0.25) is 0 Å². The van der Waals surface area contributed by atoms with Gasteiger partial charge in [0.1, 0.15) is 0 Å². The molecule has 2 saturated carbocycles. The van der Waals surface area contributed by atoms with E-state index in [1.165, 1.54) is 38.5 Å². The fourth-order valence-corrected chi connectivity index (χ4v) is 3.58. The molecule has 0 atom stereocenters. The lowest BCUT2D eigenvalue weighted by Crippen LogP contribution is -2.20. The predicted octanol–water partition coefficient (Wildman–Crippen LogP) is 5.38. The molecule has 0 N–H and O–H groups in total. The minimum Gasteiger partial charge on any atom is -0.479 e. The van der Waals surface area contributed by atoms with Crippen LogP contribution in [0.3, 0.4) is 0 Å². The molecule has 0 unspecified atom stereocenters. The van der Waals surface area contributed by atoms with Gasteiger partial charge in [0, 0.05) is 0 Å². The molecule has 0 radical (unpaired) electrons. The van der Waals surface area contributed by atoms with Crippen LogP contribution < -0.4 is 0 Å². The minimum atomic E-state index is 0.317. The summed E-state index contributed by atoms with van der Waals surface area (Å²) in [5.74, 6) is 2.28. The second-order valence-corrected chi connectivity index (χ2v) is 6.57. The fourth-order valence-electron chi connectivity index (χ4n) is 3.33. The number of rotatable bonds is 2. The highest BCUT2D eigenvalue weighted by molar-refractivity contribution is 8.10. The number of hydrogen-bond donors (Lipinski definition) is 1. The van der Waals surface area contributed by atoms with Crippen molar-refractivity contribution in [3.63, 3.8) is 0 Å². The van der Waals surface area contributed by atoms with Gasteiger partial charge in [-0.2, -0.15) is 0 Å². The van der Waals surface area contributed by atoms with Crippen molar-refractivity contribution in [2.24, 2.45) is 11.8 Å². The van der Waals surface area contributed by atoms with E-state index in [-0.39, 0.29) is 0 Å². The van der Waals surface area contributed by atoms with Crippen molar-refractivity contribution in [3.8, 4) is 0 Å². The molecule has 2 rings (SSSR count). The third kappa shape index (κ3) is 6.98. The molecule has 0 aromatic rings. The molecule has 0 heterocycles. The summed E-state index contributed by atoms with van der Waals surface area (Å²) in [6.45, 7) is 2.48. The average molecular weight is 289 g/mol. The number of ether oxygens (including phenoxy) is 1. The van der Waals surface area contributed by atoms with Gasteiger partial charge in [-0.1, -0.05) is 76.8 Å². The van der Waals surface area contributed by atoms with Gasteiger partial charge in [-0.25, -0.2) is 0 Å². The summed E-state index contributed by atoms with van der Waals surface area (Å²) >= 11 is 8.12. The van der Waals surface area contributed by atoms with Gasteiger partial charge in [0.2, 0.25) is 4.38 Å². The summed E-state index contributed by atoms with van der Waals surface area (Å²) in [7, 11) is 0. The fraction of sp³-hybridized carbons (Fsp3) is 0.933. The van der Waals surface area contributed by atoms with Crippen molar-refractivity contribution >= 4 is 29.2 Å². The SMILES string of the molecule is C1CCC(C2CCCCC2)CC1.CCOC(=S)S. The second-order valence-electron chi connectivity index (χ2n) is 5.50. The molecule has 0 spiro atoms. The van der Waals surface area contributed by atoms with Crippen molar-refractivity contribution in [2.45, 2.75) is 71.1 Å². The third-order valence-electron chi connectivity index (χ3n) is 4.23. The van der Waals surface area contributed by atoms with E-state index >= 15 is 0 Å². The summed E-state index contributed by atoms with van der Waals surface area (Å²) in [5.41, 5.74) is 0. The van der Waals surface area contributed by atoms with Crippen molar-refractivity contribution in [2.75, 3.05) is 6.61 Å². The first kappa shape index (κ1) is 16.3. The van der Waals surface area contributed by atoms with Crippen molar-refractivity contribution in [1.82, 2.24) is 0 Å². The lowest BCUT2D eigenvalue weighted by Gasteiger charge is -2.32. The van der Waals surface area contributed by atoms with Crippen LogP contribution in [0.4, 0.5) is 0 Å². The Morgan fingerprint density at radius 2 is 1.33 bits per heavy atom. The van der Waals surface area contributed by atoms with Gasteiger partial charge < -0.3 is 4.74 Å². The Kier molecular flexibility index (Phi) is 9.12. The maximum absolute atomic E-state index is 4.64. The van der Waals surface area contributed by atoms with Crippen LogP contribution in [0.5, 0.6) is 0 Å². The summed E-state index contributed by atoms with van der Waals surface area (Å²) in [5, 5.41) is 0. The predicted molar refractivity (Wildman–Crippen MR) is 86.4 cm³/mol. The maximum atomic E-state index is 4.64. The van der Waals surface area contributed by atoms with Crippen LogP contribution in [0.25, 0.3) is 0 Å². The van der Waals surface area contributed by atoms with E-state index < -0.39 is 0 Å². The first-order valence-electron chi connectivity index (χ1n) is 7.59. The number of hydrogen-bond acceptors (Lipinski definition) is 2. The normalized spacial score (nSPS) is 21.9. The lowest BCUT2D eigenvalue weighted by molar-refractivity contribution is 0.196. The van der Waals surface area contributed by atoms with Gasteiger partial charge in [-0.05, 0) is 31.0 Å². The Morgan fingerprint density at radius 1 is 0.944 bits per heavy atom. The second kappa shape index (κ2) is 10.1. The molecule has 0 saturated heterocycles. The number of thiol groups is 1. The van der Waals surface area contributed by atoms with Crippen LogP contribution in [0.15, 0.2) is 0 Å². The van der Waals surface area contributed by atoms with E-state index in [0.717, 1.165) is 11.8 Å². The van der Waals surface area contributed by atoms with E-state index in [1.54, 1.807) is 25.7 Å². The van der Waals surface area contributed by atoms with Gasteiger partial charge in [0.25, 0.3) is 0 Å². The highest BCUT2D eigenvalue weighted by atomic mass is 32.1. The van der Waals surface area contributed by atoms with Crippen molar-refractivity contribution in [3.05, 3.63) is 0 Å². The smallest absolute Gasteiger partial charge is 0.216 e. The first-order chi connectivity index (χ1) is 8.74. The van der Waals surface area contributed by atoms with Crippen LogP contribution in [0, 0.1) is 11.8 Å². The van der Waals surface area contributed by atoms with E-state index in [9.17, 15) is 0 Å². The zero-order valence-electron chi connectivity index (χ0n) is 11.7. The summed E-state index contributed by atoms with van der Waals surface area (Å²) in [4.78, 5) is 0. The molecular weight excluding hydrogens is 260 g/mol. The van der Waals surface area contributed by atoms with E-state index in [0.29, 0.717) is 11.0 Å². The maximum Gasteiger partial charge on any atom is 0.216 e. The molecule has 0 bridgehead atoms. The molecule has 106 valence electrons. The molecule has 0 aromatic heterocycles. The first-order valence-corrected chi connectivity index (χ1v) is 8.45. The van der Waals surface area contributed by atoms with Gasteiger partial charge >= 0.3 is 0 Å². The van der Waals surface area contributed by atoms with Crippen molar-refractivity contribution in [1.29, 1.82) is 0 Å². The summed E-state index contributed by atoms with van der Waals surface area (Å²) in [6.07, 6.45) is 15.4. The standard InChI is InChI=1S/C12H22.C3H6OS2/c1-3-7-11(8-4-1)12-9-5-2-6-10-12;1-2-4-3(5)6/h11-12H,1-10H2;2H2,1H3,(H,5,6). The van der Waals surface area contributed by atoms with Gasteiger partial charge in [-0.3, -0.25) is 0 Å². The van der Waals surface area contributed by atoms with E-state index in [1.807, 2.05) is 6.92 Å². The molecular formula is C15H28OS2. The van der Waals surface area contributed by atoms with Crippen molar-refractivity contribution < 1.29 is 4.74 Å². The van der Waals surface area contributed by atoms with Gasteiger partial charge in [-0.15, -0.1) is 0 Å². The van der Waals surface area contributed by atoms with Crippen LogP contribution in [0.1, 0.15) is 71.1 Å². The average Bonchev–Trinajstić information content (AvgIpc) is 2.41. The van der Waals surface area contributed by atoms with Crippen LogP contribution >= 0.6 is 24.8 Å². The molecule has 3 heteroatoms. The monoisotopic (exact) mass is 288 g/mol. The largest absolute Gasteiger partial charge is 0.479 e. The molecule has 0 aliphatic heterocycles. The van der Waals surface area contributed by atoms with E-state index in [2.05, 4.69) is 29.6 Å². The molecule has 18 heavy (non-hydrogen) atoms. The van der Waals surface area contributed by atoms with Gasteiger partial charge in [0.05, 0.1) is 6.61 Å². The Hall–Kier alpha value is 0.240. The summed E-state index contributed by atoms with van der Waals surface area (Å²) < 4.78 is 4.95. The Balaban J connectivity index is 0.000000232.